The van der Waals surface area contributed by atoms with Crippen molar-refractivity contribution in [2.24, 2.45) is 16.9 Å². The predicted octanol–water partition coefficient (Wildman–Crippen LogP) is 4.01. The zero-order valence-electron chi connectivity index (χ0n) is 16.9. The van der Waals surface area contributed by atoms with Crippen LogP contribution in [0, 0.1) is 5.92 Å². The number of nitrogens with zero attached hydrogens (tertiary/aromatic N) is 1. The van der Waals surface area contributed by atoms with Crippen molar-refractivity contribution < 1.29 is 19.1 Å². The molecule has 0 heterocycles. The number of hydrogen-bond acceptors (Lipinski definition) is 6. The molecule has 0 aromatic heterocycles. The molecule has 0 aliphatic heterocycles. The lowest BCUT2D eigenvalue weighted by molar-refractivity contribution is -0.144. The number of esters is 1. The highest BCUT2D eigenvalue weighted by Crippen LogP contribution is 2.30. The highest BCUT2D eigenvalue weighted by Gasteiger charge is 2.29. The summed E-state index contributed by atoms with van der Waals surface area (Å²) < 4.78 is 4.95. The minimum absolute atomic E-state index is 0. The number of anilines is 1. The van der Waals surface area contributed by atoms with E-state index >= 15 is 0 Å². The average Bonchev–Trinajstić information content (AvgIpc) is 2.70. The van der Waals surface area contributed by atoms with E-state index in [0.717, 1.165) is 5.56 Å². The van der Waals surface area contributed by atoms with Crippen molar-refractivity contribution in [2.75, 3.05) is 11.9 Å². The molecule has 2 aromatic rings. The molecule has 3 N–H and O–H groups in total. The monoisotopic (exact) mass is 463 g/mol. The number of hydrogen-bond donors (Lipinski definition) is 2. The number of fused-ring (bicyclic) bond motifs is 1. The van der Waals surface area contributed by atoms with Crippen LogP contribution in [0.25, 0.3) is 0 Å². The van der Waals surface area contributed by atoms with E-state index in [2.05, 4.69) is 10.4 Å². The third kappa shape index (κ3) is 5.83. The Hall–Kier alpha value is -2.90. The van der Waals surface area contributed by atoms with Crippen molar-refractivity contribution in [1.82, 2.24) is 0 Å². The Kier molecular flexibility index (Phi) is 8.59. The number of nitrogens with two attached hydrogens (primary N) is 1. The summed E-state index contributed by atoms with van der Waals surface area (Å²) in [4.78, 5) is 37.0. The SMILES string of the molecule is CCOC(=O)CC1CCc2cc(NC(=O)c3ccc(/C=N\N)cc3Cl)ccc2C1=O.Cl. The van der Waals surface area contributed by atoms with Gasteiger partial charge in [-0.15, -0.1) is 12.4 Å². The topological polar surface area (TPSA) is 111 Å². The molecule has 3 rings (SSSR count). The van der Waals surface area contributed by atoms with Gasteiger partial charge < -0.3 is 15.9 Å². The quantitative estimate of drug-likeness (QED) is 0.291. The molecule has 0 saturated carbocycles. The van der Waals surface area contributed by atoms with Gasteiger partial charge in [0.05, 0.1) is 29.8 Å². The Morgan fingerprint density at radius 2 is 2.06 bits per heavy atom. The molecule has 0 fully saturated rings. The second-order valence-corrected chi connectivity index (χ2v) is 7.36. The van der Waals surface area contributed by atoms with Gasteiger partial charge in [-0.2, -0.15) is 5.10 Å². The highest BCUT2D eigenvalue weighted by atomic mass is 35.5. The van der Waals surface area contributed by atoms with E-state index < -0.39 is 0 Å². The Balaban J connectivity index is 0.00000341. The molecule has 1 aliphatic carbocycles. The lowest BCUT2D eigenvalue weighted by Crippen LogP contribution is -2.26. The largest absolute Gasteiger partial charge is 0.466 e. The maximum atomic E-state index is 12.7. The van der Waals surface area contributed by atoms with Crippen LogP contribution in [0.1, 0.15) is 51.6 Å². The predicted molar refractivity (Wildman–Crippen MR) is 122 cm³/mol. The number of halogens is 2. The second-order valence-electron chi connectivity index (χ2n) is 6.95. The molecule has 0 bridgehead atoms. The number of amides is 1. The lowest BCUT2D eigenvalue weighted by atomic mass is 9.81. The van der Waals surface area contributed by atoms with Crippen LogP contribution in [-0.2, 0) is 16.0 Å². The third-order valence-corrected chi connectivity index (χ3v) is 5.25. The maximum absolute atomic E-state index is 12.7. The van der Waals surface area contributed by atoms with Crippen molar-refractivity contribution in [1.29, 1.82) is 0 Å². The van der Waals surface area contributed by atoms with E-state index in [1.807, 2.05) is 0 Å². The summed E-state index contributed by atoms with van der Waals surface area (Å²) in [7, 11) is 0. The first-order valence-corrected chi connectivity index (χ1v) is 9.97. The van der Waals surface area contributed by atoms with Crippen LogP contribution in [0.5, 0.6) is 0 Å². The number of aryl methyl sites for hydroxylation is 1. The lowest BCUT2D eigenvalue weighted by Gasteiger charge is -2.23. The van der Waals surface area contributed by atoms with Crippen LogP contribution in [-0.4, -0.2) is 30.5 Å². The molecule has 9 heteroatoms. The van der Waals surface area contributed by atoms with E-state index in [1.165, 1.54) is 6.21 Å². The van der Waals surface area contributed by atoms with Gasteiger partial charge in [-0.3, -0.25) is 14.4 Å². The second kappa shape index (κ2) is 10.9. The van der Waals surface area contributed by atoms with Gasteiger partial charge in [-0.25, -0.2) is 0 Å². The minimum atomic E-state index is -0.369. The van der Waals surface area contributed by atoms with E-state index in [1.54, 1.807) is 43.3 Å². The minimum Gasteiger partial charge on any atom is -0.466 e. The van der Waals surface area contributed by atoms with Gasteiger partial charge in [0.25, 0.3) is 5.91 Å². The fourth-order valence-corrected chi connectivity index (χ4v) is 3.77. The van der Waals surface area contributed by atoms with Gasteiger partial charge in [0.2, 0.25) is 0 Å². The van der Waals surface area contributed by atoms with Gasteiger partial charge in [0, 0.05) is 17.2 Å². The molecule has 0 radical (unpaired) electrons. The number of carbonyl (C=O) groups is 3. The van der Waals surface area contributed by atoms with Crippen LogP contribution in [0.3, 0.4) is 0 Å². The number of benzene rings is 2. The van der Waals surface area contributed by atoms with Crippen LogP contribution in [0.15, 0.2) is 41.5 Å². The number of Topliss-reactive ketones (excluding diaryl/α,β-unsaturated/α-hetero) is 1. The summed E-state index contributed by atoms with van der Waals surface area (Å²) >= 11 is 6.19. The fourth-order valence-electron chi connectivity index (χ4n) is 3.50. The first kappa shape index (κ1) is 24.4. The molecule has 2 aromatic carbocycles. The van der Waals surface area contributed by atoms with Gasteiger partial charge in [-0.05, 0) is 61.2 Å². The average molecular weight is 464 g/mol. The highest BCUT2D eigenvalue weighted by molar-refractivity contribution is 6.34. The molecule has 1 atom stereocenters. The van der Waals surface area contributed by atoms with E-state index in [0.29, 0.717) is 41.8 Å². The summed E-state index contributed by atoms with van der Waals surface area (Å²) in [5.74, 6) is 3.97. The Labute approximate surface area is 191 Å². The van der Waals surface area contributed by atoms with Crippen molar-refractivity contribution in [3.05, 3.63) is 63.7 Å². The first-order chi connectivity index (χ1) is 14.4. The molecule has 0 spiro atoms. The van der Waals surface area contributed by atoms with Crippen LogP contribution >= 0.6 is 24.0 Å². The number of ether oxygens (including phenoxy) is 1. The third-order valence-electron chi connectivity index (χ3n) is 4.94. The molecule has 1 unspecified atom stereocenters. The molecular weight excluding hydrogens is 441 g/mol. The first-order valence-electron chi connectivity index (χ1n) is 9.59. The van der Waals surface area contributed by atoms with Gasteiger partial charge in [-0.1, -0.05) is 17.7 Å². The molecule has 7 nitrogen and oxygen atoms in total. The fraction of sp³-hybridized carbons (Fsp3) is 0.273. The van der Waals surface area contributed by atoms with E-state index in [9.17, 15) is 14.4 Å². The molecular formula is C22H23Cl2N3O4. The summed E-state index contributed by atoms with van der Waals surface area (Å²) in [6, 6.07) is 10.0. The zero-order valence-corrected chi connectivity index (χ0v) is 18.5. The summed E-state index contributed by atoms with van der Waals surface area (Å²) in [6.45, 7) is 2.04. The Morgan fingerprint density at radius 3 is 2.74 bits per heavy atom. The number of carbonyl (C=O) groups excluding carboxylic acids is 3. The summed E-state index contributed by atoms with van der Waals surface area (Å²) in [5, 5.41) is 6.52. The molecule has 164 valence electrons. The number of hydrazone groups is 1. The van der Waals surface area contributed by atoms with E-state index in [4.69, 9.17) is 22.2 Å². The summed E-state index contributed by atoms with van der Waals surface area (Å²) in [6.07, 6.45) is 2.73. The van der Waals surface area contributed by atoms with Crippen molar-refractivity contribution in [2.45, 2.75) is 26.2 Å². The molecule has 0 saturated heterocycles. The molecule has 1 amide bonds. The van der Waals surface area contributed by atoms with Crippen molar-refractivity contribution in [3.8, 4) is 0 Å². The molecule has 1 aliphatic rings. The van der Waals surface area contributed by atoms with Gasteiger partial charge in [0.15, 0.2) is 5.78 Å². The zero-order chi connectivity index (χ0) is 21.7. The maximum Gasteiger partial charge on any atom is 0.306 e. The van der Waals surface area contributed by atoms with Gasteiger partial charge >= 0.3 is 5.97 Å². The smallest absolute Gasteiger partial charge is 0.306 e. The number of nitrogens with one attached hydrogen (secondary N) is 1. The van der Waals surface area contributed by atoms with Crippen molar-refractivity contribution in [3.63, 3.8) is 0 Å². The van der Waals surface area contributed by atoms with E-state index in [-0.39, 0.29) is 47.4 Å². The van der Waals surface area contributed by atoms with Gasteiger partial charge in [0.1, 0.15) is 0 Å². The summed E-state index contributed by atoms with van der Waals surface area (Å²) in [5.41, 5.74) is 2.99. The molecule has 31 heavy (non-hydrogen) atoms. The Bertz CT molecular complexity index is 1020. The van der Waals surface area contributed by atoms with Crippen LogP contribution in [0.2, 0.25) is 5.02 Å². The van der Waals surface area contributed by atoms with Crippen LogP contribution < -0.4 is 11.2 Å². The van der Waals surface area contributed by atoms with Crippen molar-refractivity contribution >= 4 is 53.6 Å². The normalized spacial score (nSPS) is 15.2. The number of rotatable bonds is 6. The standard InChI is InChI=1S/C22H22ClN3O4.ClH/c1-2-30-20(27)11-15-5-4-14-10-16(6-8-17(14)21(15)28)26-22(29)18-7-3-13(12-25-24)9-19(18)23;/h3,6-10,12,15H,2,4-5,11,24H2,1H3,(H,26,29);1H/b25-12-;. The Morgan fingerprint density at radius 1 is 1.29 bits per heavy atom. The number of ketones is 1. The van der Waals surface area contributed by atoms with Crippen LogP contribution in [0.4, 0.5) is 5.69 Å².